The molecule has 4 nitrogen and oxygen atoms in total. The second-order valence-corrected chi connectivity index (χ2v) is 4.66. The second kappa shape index (κ2) is 12.8. The molecule has 1 N–H and O–H groups in total. The fourth-order valence-corrected chi connectivity index (χ4v) is 1.85. The first kappa shape index (κ1) is 17.4. The maximum atomic E-state index is 11.7. The van der Waals surface area contributed by atoms with Crippen molar-refractivity contribution in [3.05, 3.63) is 0 Å². The van der Waals surface area contributed by atoms with Crippen molar-refractivity contribution in [3.63, 3.8) is 0 Å². The van der Waals surface area contributed by atoms with Crippen molar-refractivity contribution < 1.29 is 19.7 Å². The molecule has 0 bridgehead atoms. The number of carbonyl (C=O) groups is 1. The van der Waals surface area contributed by atoms with E-state index in [0.29, 0.717) is 13.2 Å². The summed E-state index contributed by atoms with van der Waals surface area (Å²) in [4.78, 5) is 15.7. The fraction of sp³-hybridized carbons (Fsp3) is 0.929. The van der Waals surface area contributed by atoms with Crippen molar-refractivity contribution in [3.8, 4) is 0 Å². The van der Waals surface area contributed by atoms with E-state index in [2.05, 4.69) is 11.8 Å². The number of ether oxygens (including phenoxy) is 1. The van der Waals surface area contributed by atoms with Gasteiger partial charge in [-0.1, -0.05) is 33.1 Å². The lowest BCUT2D eigenvalue weighted by Crippen LogP contribution is -2.17. The van der Waals surface area contributed by atoms with Gasteiger partial charge in [-0.05, 0) is 32.1 Å². The Bertz CT molecular complexity index is 194. The lowest BCUT2D eigenvalue weighted by Gasteiger charge is -2.13. The van der Waals surface area contributed by atoms with Crippen LogP contribution in [0.2, 0.25) is 0 Å². The molecular weight excluding hydrogens is 232 g/mol. The van der Waals surface area contributed by atoms with Gasteiger partial charge in [0.25, 0.3) is 0 Å². The summed E-state index contributed by atoms with van der Waals surface area (Å²) in [6.45, 7) is 5.07. The third-order valence-electron chi connectivity index (χ3n) is 3.11. The molecule has 18 heavy (non-hydrogen) atoms. The summed E-state index contributed by atoms with van der Waals surface area (Å²) in [5, 5.41) is 8.13. The molecule has 1 unspecified atom stereocenters. The Morgan fingerprint density at radius 1 is 1.06 bits per heavy atom. The number of unbranched alkanes of at least 4 members (excludes halogenated alkanes) is 4. The number of hydrogen-bond acceptors (Lipinski definition) is 4. The largest absolute Gasteiger partial charge is 0.465 e. The van der Waals surface area contributed by atoms with E-state index in [-0.39, 0.29) is 11.9 Å². The van der Waals surface area contributed by atoms with E-state index in [1.807, 2.05) is 6.92 Å². The molecule has 0 rings (SSSR count). The summed E-state index contributed by atoms with van der Waals surface area (Å²) in [6, 6.07) is 0. The molecule has 0 aliphatic rings. The van der Waals surface area contributed by atoms with Gasteiger partial charge in [0.15, 0.2) is 0 Å². The predicted molar refractivity (Wildman–Crippen MR) is 71.3 cm³/mol. The smallest absolute Gasteiger partial charge is 0.308 e. The van der Waals surface area contributed by atoms with Gasteiger partial charge >= 0.3 is 5.97 Å². The quantitative estimate of drug-likeness (QED) is 0.251. The van der Waals surface area contributed by atoms with Crippen LogP contribution in [0.15, 0.2) is 0 Å². The fourth-order valence-electron chi connectivity index (χ4n) is 1.85. The summed E-state index contributed by atoms with van der Waals surface area (Å²) < 4.78 is 5.28. The first-order chi connectivity index (χ1) is 8.76. The number of carbonyl (C=O) groups excluding carboxylic acids is 1. The Morgan fingerprint density at radius 2 is 1.72 bits per heavy atom. The van der Waals surface area contributed by atoms with E-state index in [9.17, 15) is 4.79 Å². The van der Waals surface area contributed by atoms with Crippen molar-refractivity contribution in [2.45, 2.75) is 65.2 Å². The molecule has 0 aliphatic heterocycles. The molecule has 108 valence electrons. The first-order valence-corrected chi connectivity index (χ1v) is 7.19. The van der Waals surface area contributed by atoms with Crippen LogP contribution >= 0.6 is 0 Å². The van der Waals surface area contributed by atoms with Crippen LogP contribution in [0.3, 0.4) is 0 Å². The molecule has 0 aromatic carbocycles. The van der Waals surface area contributed by atoms with Crippen LogP contribution in [0.25, 0.3) is 0 Å². The Morgan fingerprint density at radius 3 is 2.28 bits per heavy atom. The van der Waals surface area contributed by atoms with Crippen LogP contribution in [-0.4, -0.2) is 24.4 Å². The van der Waals surface area contributed by atoms with Gasteiger partial charge in [-0.25, -0.2) is 4.89 Å². The predicted octanol–water partition coefficient (Wildman–Crippen LogP) is 3.80. The van der Waals surface area contributed by atoms with E-state index in [1.165, 1.54) is 0 Å². The third-order valence-corrected chi connectivity index (χ3v) is 3.11. The molecule has 0 amide bonds. The van der Waals surface area contributed by atoms with Crippen molar-refractivity contribution in [1.29, 1.82) is 0 Å². The molecule has 4 heteroatoms. The maximum absolute atomic E-state index is 11.7. The van der Waals surface area contributed by atoms with Crippen LogP contribution in [0, 0.1) is 5.92 Å². The molecule has 0 heterocycles. The monoisotopic (exact) mass is 260 g/mol. The van der Waals surface area contributed by atoms with E-state index < -0.39 is 0 Å². The first-order valence-electron chi connectivity index (χ1n) is 7.19. The van der Waals surface area contributed by atoms with Gasteiger partial charge in [-0.3, -0.25) is 10.1 Å². The zero-order chi connectivity index (χ0) is 13.6. The van der Waals surface area contributed by atoms with E-state index in [1.54, 1.807) is 0 Å². The number of hydrogen-bond donors (Lipinski definition) is 1. The van der Waals surface area contributed by atoms with Gasteiger partial charge in [0.1, 0.15) is 0 Å². The highest BCUT2D eigenvalue weighted by Crippen LogP contribution is 2.14. The molecular formula is C14H28O4. The van der Waals surface area contributed by atoms with Crippen LogP contribution in [0.5, 0.6) is 0 Å². The van der Waals surface area contributed by atoms with Gasteiger partial charge in [0, 0.05) is 0 Å². The van der Waals surface area contributed by atoms with Gasteiger partial charge in [0.05, 0.1) is 19.1 Å². The van der Waals surface area contributed by atoms with Gasteiger partial charge in [-0.2, -0.15) is 0 Å². The second-order valence-electron chi connectivity index (χ2n) is 4.66. The minimum Gasteiger partial charge on any atom is -0.465 e. The lowest BCUT2D eigenvalue weighted by molar-refractivity contribution is -0.242. The molecule has 0 spiro atoms. The molecule has 1 atom stereocenters. The lowest BCUT2D eigenvalue weighted by atomic mass is 10.00. The normalized spacial score (nSPS) is 12.4. The van der Waals surface area contributed by atoms with Crippen LogP contribution in [0.4, 0.5) is 0 Å². The van der Waals surface area contributed by atoms with E-state index >= 15 is 0 Å². The van der Waals surface area contributed by atoms with Gasteiger partial charge < -0.3 is 4.74 Å². The molecule has 0 aliphatic carbocycles. The van der Waals surface area contributed by atoms with Crippen molar-refractivity contribution in [1.82, 2.24) is 0 Å². The summed E-state index contributed by atoms with van der Waals surface area (Å²) in [6.07, 6.45) is 7.76. The average molecular weight is 260 g/mol. The zero-order valence-electron chi connectivity index (χ0n) is 11.8. The Kier molecular flexibility index (Phi) is 12.4. The van der Waals surface area contributed by atoms with Gasteiger partial charge in [0.2, 0.25) is 0 Å². The van der Waals surface area contributed by atoms with Gasteiger partial charge in [-0.15, -0.1) is 0 Å². The van der Waals surface area contributed by atoms with E-state index in [4.69, 9.17) is 9.99 Å². The van der Waals surface area contributed by atoms with Crippen LogP contribution < -0.4 is 0 Å². The molecule has 0 radical (unpaired) electrons. The Hall–Kier alpha value is -0.610. The van der Waals surface area contributed by atoms with Crippen molar-refractivity contribution in [2.75, 3.05) is 13.2 Å². The SMILES string of the molecule is CCCCC(CC)C(=O)OCCCCCCOO. The maximum Gasteiger partial charge on any atom is 0.308 e. The minimum atomic E-state index is -0.0374. The minimum absolute atomic E-state index is 0.0374. The molecule has 0 fully saturated rings. The van der Waals surface area contributed by atoms with Crippen molar-refractivity contribution >= 4 is 5.97 Å². The highest BCUT2D eigenvalue weighted by atomic mass is 17.1. The Balaban J connectivity index is 3.49. The van der Waals surface area contributed by atoms with Crippen LogP contribution in [-0.2, 0) is 14.4 Å². The molecule has 0 saturated heterocycles. The number of esters is 1. The Labute approximate surface area is 111 Å². The molecule has 0 saturated carbocycles. The summed E-state index contributed by atoms with van der Waals surface area (Å²) in [5.41, 5.74) is 0. The van der Waals surface area contributed by atoms with Crippen molar-refractivity contribution in [2.24, 2.45) is 5.92 Å². The topological polar surface area (TPSA) is 55.8 Å². The average Bonchev–Trinajstić information content (AvgIpc) is 2.38. The summed E-state index contributed by atoms with van der Waals surface area (Å²) in [7, 11) is 0. The zero-order valence-corrected chi connectivity index (χ0v) is 11.8. The highest BCUT2D eigenvalue weighted by Gasteiger charge is 2.16. The summed E-state index contributed by atoms with van der Waals surface area (Å²) >= 11 is 0. The highest BCUT2D eigenvalue weighted by molar-refractivity contribution is 5.72. The third kappa shape index (κ3) is 9.42. The van der Waals surface area contributed by atoms with E-state index in [0.717, 1.165) is 51.4 Å². The standard InChI is InChI=1S/C14H28O4/c1-3-5-10-13(4-2)14(15)17-11-8-6-7-9-12-18-16/h13,16H,3-12H2,1-2H3. The van der Waals surface area contributed by atoms with Crippen LogP contribution in [0.1, 0.15) is 65.2 Å². The molecule has 0 aromatic heterocycles. The summed E-state index contributed by atoms with van der Waals surface area (Å²) in [5.74, 6) is 0.0392. The number of rotatable bonds is 12. The molecule has 0 aromatic rings.